The molecule has 1 aromatic heterocycles. The van der Waals surface area contributed by atoms with Crippen molar-refractivity contribution < 1.29 is 0 Å². The third kappa shape index (κ3) is 2.68. The molecule has 2 rings (SSSR count). The molecule has 0 aliphatic carbocycles. The van der Waals surface area contributed by atoms with E-state index in [1.54, 1.807) is 10.4 Å². The lowest BCUT2D eigenvalue weighted by Crippen LogP contribution is -2.42. The van der Waals surface area contributed by atoms with E-state index in [1.165, 1.54) is 32.4 Å². The van der Waals surface area contributed by atoms with Gasteiger partial charge in [0.1, 0.15) is 0 Å². The third-order valence-electron chi connectivity index (χ3n) is 4.73. The van der Waals surface area contributed by atoms with Gasteiger partial charge in [-0.3, -0.25) is 4.90 Å². The first-order valence-corrected chi connectivity index (χ1v) is 9.02. The standard InChI is InChI=1S/C15H24BrNS/c1-4-15(5-2,10-16)11-17-8-6-14-13(12(17)3)7-9-18-14/h7,9,12H,4-6,8,10-11H2,1-3H3. The molecule has 0 saturated heterocycles. The van der Waals surface area contributed by atoms with Crippen LogP contribution in [-0.4, -0.2) is 23.3 Å². The second kappa shape index (κ2) is 6.06. The van der Waals surface area contributed by atoms with Crippen LogP contribution in [0.3, 0.4) is 0 Å². The number of nitrogens with zero attached hydrogens (tertiary/aromatic N) is 1. The van der Waals surface area contributed by atoms with E-state index in [2.05, 4.69) is 53.0 Å². The van der Waals surface area contributed by atoms with E-state index < -0.39 is 0 Å². The Kier molecular flexibility index (Phi) is 4.90. The molecule has 3 heteroatoms. The molecule has 0 amide bonds. The maximum atomic E-state index is 3.74. The lowest BCUT2D eigenvalue weighted by molar-refractivity contribution is 0.116. The number of alkyl halides is 1. The van der Waals surface area contributed by atoms with E-state index in [0.717, 1.165) is 5.33 Å². The van der Waals surface area contributed by atoms with Gasteiger partial charge in [0, 0.05) is 29.3 Å². The zero-order valence-corrected chi connectivity index (χ0v) is 14.1. The van der Waals surface area contributed by atoms with E-state index in [-0.39, 0.29) is 0 Å². The zero-order valence-electron chi connectivity index (χ0n) is 11.7. The van der Waals surface area contributed by atoms with Gasteiger partial charge in [-0.1, -0.05) is 29.8 Å². The molecule has 1 nitrogen and oxygen atoms in total. The number of thiophene rings is 1. The summed E-state index contributed by atoms with van der Waals surface area (Å²) in [5.41, 5.74) is 2.02. The van der Waals surface area contributed by atoms with Gasteiger partial charge in [-0.2, -0.15) is 0 Å². The average Bonchev–Trinajstić information content (AvgIpc) is 2.88. The van der Waals surface area contributed by atoms with Crippen LogP contribution < -0.4 is 0 Å². The molecule has 1 unspecified atom stereocenters. The van der Waals surface area contributed by atoms with Crippen LogP contribution in [0.5, 0.6) is 0 Å². The molecule has 1 aromatic rings. The van der Waals surface area contributed by atoms with Gasteiger partial charge in [0.05, 0.1) is 0 Å². The average molecular weight is 330 g/mol. The van der Waals surface area contributed by atoms with Crippen LogP contribution in [0.1, 0.15) is 50.1 Å². The molecule has 102 valence electrons. The quantitative estimate of drug-likeness (QED) is 0.696. The molecule has 2 heterocycles. The molecule has 0 bridgehead atoms. The smallest absolute Gasteiger partial charge is 0.0331 e. The van der Waals surface area contributed by atoms with E-state index in [4.69, 9.17) is 0 Å². The van der Waals surface area contributed by atoms with Crippen molar-refractivity contribution in [2.45, 2.75) is 46.1 Å². The van der Waals surface area contributed by atoms with E-state index in [1.807, 2.05) is 11.3 Å². The van der Waals surface area contributed by atoms with Gasteiger partial charge in [0.15, 0.2) is 0 Å². The topological polar surface area (TPSA) is 3.24 Å². The summed E-state index contributed by atoms with van der Waals surface area (Å²) in [5, 5.41) is 3.37. The minimum Gasteiger partial charge on any atom is -0.296 e. The van der Waals surface area contributed by atoms with Gasteiger partial charge in [-0.25, -0.2) is 0 Å². The van der Waals surface area contributed by atoms with Crippen LogP contribution in [-0.2, 0) is 6.42 Å². The van der Waals surface area contributed by atoms with E-state index in [0.29, 0.717) is 11.5 Å². The Bertz CT molecular complexity index is 375. The highest BCUT2D eigenvalue weighted by atomic mass is 79.9. The first kappa shape index (κ1) is 14.5. The van der Waals surface area contributed by atoms with Crippen LogP contribution in [0.2, 0.25) is 0 Å². The largest absolute Gasteiger partial charge is 0.296 e. The SMILES string of the molecule is CCC(CC)(CBr)CN1CCc2sccc2C1C. The molecule has 18 heavy (non-hydrogen) atoms. The molecule has 0 fully saturated rings. The number of hydrogen-bond donors (Lipinski definition) is 0. The molecule has 0 aromatic carbocycles. The van der Waals surface area contributed by atoms with Gasteiger partial charge in [0.2, 0.25) is 0 Å². The predicted molar refractivity (Wildman–Crippen MR) is 84.8 cm³/mol. The van der Waals surface area contributed by atoms with Crippen molar-refractivity contribution in [1.82, 2.24) is 4.90 Å². The van der Waals surface area contributed by atoms with Crippen molar-refractivity contribution in [2.24, 2.45) is 5.41 Å². The van der Waals surface area contributed by atoms with Crippen LogP contribution in [0.15, 0.2) is 11.4 Å². The monoisotopic (exact) mass is 329 g/mol. The van der Waals surface area contributed by atoms with Crippen molar-refractivity contribution in [3.05, 3.63) is 21.9 Å². The maximum absolute atomic E-state index is 3.74. The Morgan fingerprint density at radius 3 is 2.78 bits per heavy atom. The second-order valence-electron chi connectivity index (χ2n) is 5.54. The summed E-state index contributed by atoms with van der Waals surface area (Å²) in [6.07, 6.45) is 3.76. The fraction of sp³-hybridized carbons (Fsp3) is 0.733. The Hall–Kier alpha value is 0.140. The lowest BCUT2D eigenvalue weighted by Gasteiger charge is -2.41. The molecule has 1 aliphatic rings. The first-order chi connectivity index (χ1) is 8.65. The molecular formula is C15H24BrNS. The Balaban J connectivity index is 2.12. The summed E-state index contributed by atoms with van der Waals surface area (Å²) in [7, 11) is 0. The fourth-order valence-electron chi connectivity index (χ4n) is 2.91. The Morgan fingerprint density at radius 1 is 1.44 bits per heavy atom. The molecule has 1 atom stereocenters. The predicted octanol–water partition coefficient (Wildman–Crippen LogP) is 4.87. The van der Waals surface area contributed by atoms with Gasteiger partial charge in [-0.05, 0) is 48.6 Å². The van der Waals surface area contributed by atoms with Crippen molar-refractivity contribution in [3.63, 3.8) is 0 Å². The molecular weight excluding hydrogens is 306 g/mol. The summed E-state index contributed by atoms with van der Waals surface area (Å²) < 4.78 is 0. The maximum Gasteiger partial charge on any atom is 0.0331 e. The van der Waals surface area contributed by atoms with Crippen LogP contribution >= 0.6 is 27.3 Å². The molecule has 0 radical (unpaired) electrons. The highest BCUT2D eigenvalue weighted by Gasteiger charge is 2.32. The fourth-order valence-corrected chi connectivity index (χ4v) is 4.85. The number of hydrogen-bond acceptors (Lipinski definition) is 2. The highest BCUT2D eigenvalue weighted by Crippen LogP contribution is 2.37. The van der Waals surface area contributed by atoms with Gasteiger partial charge < -0.3 is 0 Å². The normalized spacial score (nSPS) is 21.0. The molecule has 1 aliphatic heterocycles. The number of rotatable bonds is 5. The van der Waals surface area contributed by atoms with Crippen LogP contribution in [0, 0.1) is 5.41 Å². The van der Waals surface area contributed by atoms with Crippen molar-refractivity contribution >= 4 is 27.3 Å². The molecule has 0 spiro atoms. The summed E-state index contributed by atoms with van der Waals surface area (Å²) in [5.74, 6) is 0. The summed E-state index contributed by atoms with van der Waals surface area (Å²) >= 11 is 5.67. The Labute approximate surface area is 124 Å². The van der Waals surface area contributed by atoms with Gasteiger partial charge in [0.25, 0.3) is 0 Å². The molecule has 0 N–H and O–H groups in total. The van der Waals surface area contributed by atoms with Gasteiger partial charge in [-0.15, -0.1) is 11.3 Å². The van der Waals surface area contributed by atoms with E-state index in [9.17, 15) is 0 Å². The molecule has 0 saturated carbocycles. The van der Waals surface area contributed by atoms with E-state index >= 15 is 0 Å². The summed E-state index contributed by atoms with van der Waals surface area (Å²) in [6, 6.07) is 2.92. The minimum atomic E-state index is 0.446. The summed E-state index contributed by atoms with van der Waals surface area (Å²) in [6.45, 7) is 9.48. The number of halogens is 1. The lowest BCUT2D eigenvalue weighted by atomic mass is 9.83. The highest BCUT2D eigenvalue weighted by molar-refractivity contribution is 9.09. The van der Waals surface area contributed by atoms with Crippen LogP contribution in [0.4, 0.5) is 0 Å². The second-order valence-corrected chi connectivity index (χ2v) is 7.10. The Morgan fingerprint density at radius 2 is 2.17 bits per heavy atom. The third-order valence-corrected chi connectivity index (χ3v) is 6.91. The van der Waals surface area contributed by atoms with Gasteiger partial charge >= 0.3 is 0 Å². The minimum absolute atomic E-state index is 0.446. The van der Waals surface area contributed by atoms with Crippen molar-refractivity contribution in [3.8, 4) is 0 Å². The zero-order chi connectivity index (χ0) is 13.2. The number of fused-ring (bicyclic) bond motifs is 1. The summed E-state index contributed by atoms with van der Waals surface area (Å²) in [4.78, 5) is 4.29. The van der Waals surface area contributed by atoms with Crippen LogP contribution in [0.25, 0.3) is 0 Å². The van der Waals surface area contributed by atoms with Crippen molar-refractivity contribution in [1.29, 1.82) is 0 Å². The van der Waals surface area contributed by atoms with Crippen molar-refractivity contribution in [2.75, 3.05) is 18.4 Å². The first-order valence-electron chi connectivity index (χ1n) is 7.02.